The van der Waals surface area contributed by atoms with Gasteiger partial charge in [-0.3, -0.25) is 5.32 Å². The first-order valence-electron chi connectivity index (χ1n) is 12.0. The highest BCUT2D eigenvalue weighted by Crippen LogP contribution is 2.28. The zero-order valence-electron chi connectivity index (χ0n) is 19.5. The molecule has 2 aromatic carbocycles. The molecule has 178 valence electrons. The Morgan fingerprint density at radius 3 is 2.39 bits per heavy atom. The molecule has 0 unspecified atom stereocenters. The largest absolute Gasteiger partial charge is 0.446 e. The maximum atomic E-state index is 12.5. The molecular formula is C26H36N4O3. The SMILES string of the molecule is CCCCCNC(=O)NCCN1CCC(OC(=O)Nc2ccccc2-c2ccccc2)CC1. The Labute approximate surface area is 196 Å². The van der Waals surface area contributed by atoms with Gasteiger partial charge >= 0.3 is 12.1 Å². The lowest BCUT2D eigenvalue weighted by atomic mass is 10.0. The summed E-state index contributed by atoms with van der Waals surface area (Å²) in [7, 11) is 0. The standard InChI is InChI=1S/C26H36N4O3/c1-2-3-9-16-27-25(31)28-17-20-30-18-14-22(15-19-30)33-26(32)29-24-13-8-7-12-23(24)21-10-5-4-6-11-21/h4-8,10-13,22H,2-3,9,14-20H2,1H3,(H,29,32)(H2,27,28,31). The summed E-state index contributed by atoms with van der Waals surface area (Å²) in [5, 5.41) is 8.70. The van der Waals surface area contributed by atoms with Crippen molar-refractivity contribution in [2.24, 2.45) is 0 Å². The smallest absolute Gasteiger partial charge is 0.411 e. The second-order valence-corrected chi connectivity index (χ2v) is 8.37. The number of nitrogens with one attached hydrogen (secondary N) is 3. The first-order valence-corrected chi connectivity index (χ1v) is 12.0. The number of hydrogen-bond acceptors (Lipinski definition) is 4. The summed E-state index contributed by atoms with van der Waals surface area (Å²) in [5.74, 6) is 0. The Morgan fingerprint density at radius 2 is 1.64 bits per heavy atom. The summed E-state index contributed by atoms with van der Waals surface area (Å²) < 4.78 is 5.68. The van der Waals surface area contributed by atoms with Crippen molar-refractivity contribution in [3.63, 3.8) is 0 Å². The Bertz CT molecular complexity index is 867. The number of anilines is 1. The molecule has 0 spiro atoms. The van der Waals surface area contributed by atoms with E-state index in [4.69, 9.17) is 4.74 Å². The highest BCUT2D eigenvalue weighted by atomic mass is 16.6. The molecule has 3 N–H and O–H groups in total. The number of rotatable bonds is 10. The third kappa shape index (κ3) is 8.42. The number of ether oxygens (including phenoxy) is 1. The minimum atomic E-state index is -0.418. The second kappa shape index (κ2) is 13.5. The van der Waals surface area contributed by atoms with Crippen molar-refractivity contribution in [2.45, 2.75) is 45.1 Å². The van der Waals surface area contributed by atoms with Crippen LogP contribution in [0.15, 0.2) is 54.6 Å². The number of piperidine rings is 1. The Hall–Kier alpha value is -3.06. The fourth-order valence-corrected chi connectivity index (χ4v) is 3.97. The molecule has 0 bridgehead atoms. The summed E-state index contributed by atoms with van der Waals surface area (Å²) in [6.45, 7) is 5.97. The number of carbonyl (C=O) groups excluding carboxylic acids is 2. The van der Waals surface area contributed by atoms with Gasteiger partial charge in [0.1, 0.15) is 6.10 Å². The van der Waals surface area contributed by atoms with E-state index in [9.17, 15) is 9.59 Å². The van der Waals surface area contributed by atoms with Crippen LogP contribution in [0, 0.1) is 0 Å². The average molecular weight is 453 g/mol. The molecule has 7 heteroatoms. The van der Waals surface area contributed by atoms with Gasteiger partial charge in [0.05, 0.1) is 5.69 Å². The predicted octanol–water partition coefficient (Wildman–Crippen LogP) is 4.86. The van der Waals surface area contributed by atoms with Gasteiger partial charge < -0.3 is 20.3 Å². The Morgan fingerprint density at radius 1 is 0.939 bits per heavy atom. The molecule has 1 saturated heterocycles. The minimum Gasteiger partial charge on any atom is -0.446 e. The van der Waals surface area contributed by atoms with Crippen molar-refractivity contribution >= 4 is 17.8 Å². The lowest BCUT2D eigenvalue weighted by Gasteiger charge is -2.31. The van der Waals surface area contributed by atoms with E-state index in [1.165, 1.54) is 0 Å². The fourth-order valence-electron chi connectivity index (χ4n) is 3.97. The lowest BCUT2D eigenvalue weighted by Crippen LogP contribution is -2.44. The van der Waals surface area contributed by atoms with Crippen LogP contribution in [0.5, 0.6) is 0 Å². The van der Waals surface area contributed by atoms with Gasteiger partial charge in [-0.1, -0.05) is 68.3 Å². The van der Waals surface area contributed by atoms with E-state index < -0.39 is 6.09 Å². The van der Waals surface area contributed by atoms with Crippen LogP contribution in [-0.2, 0) is 4.74 Å². The number of amides is 3. The molecule has 3 amide bonds. The van der Waals surface area contributed by atoms with E-state index in [2.05, 4.69) is 27.8 Å². The maximum absolute atomic E-state index is 12.5. The third-order valence-corrected chi connectivity index (χ3v) is 5.84. The van der Waals surface area contributed by atoms with Crippen LogP contribution < -0.4 is 16.0 Å². The van der Waals surface area contributed by atoms with E-state index >= 15 is 0 Å². The number of benzene rings is 2. The topological polar surface area (TPSA) is 82.7 Å². The minimum absolute atomic E-state index is 0.0973. The normalized spacial score (nSPS) is 14.5. The van der Waals surface area contributed by atoms with Crippen LogP contribution in [0.2, 0.25) is 0 Å². The van der Waals surface area contributed by atoms with Gasteiger partial charge in [0.25, 0.3) is 0 Å². The van der Waals surface area contributed by atoms with E-state index in [1.54, 1.807) is 0 Å². The van der Waals surface area contributed by atoms with Crippen LogP contribution in [0.3, 0.4) is 0 Å². The molecule has 3 rings (SSSR count). The molecule has 2 aromatic rings. The highest BCUT2D eigenvalue weighted by molar-refractivity contribution is 5.91. The number of hydrogen-bond donors (Lipinski definition) is 3. The molecule has 0 saturated carbocycles. The molecule has 33 heavy (non-hydrogen) atoms. The van der Waals surface area contributed by atoms with Gasteiger partial charge in [0, 0.05) is 38.3 Å². The zero-order chi connectivity index (χ0) is 23.3. The Kier molecular flexibility index (Phi) is 10.0. The van der Waals surface area contributed by atoms with Crippen LogP contribution in [0.4, 0.5) is 15.3 Å². The van der Waals surface area contributed by atoms with Gasteiger partial charge in [-0.15, -0.1) is 0 Å². The van der Waals surface area contributed by atoms with Crippen LogP contribution in [0.1, 0.15) is 39.0 Å². The molecule has 0 radical (unpaired) electrons. The number of para-hydroxylation sites is 1. The zero-order valence-corrected chi connectivity index (χ0v) is 19.5. The summed E-state index contributed by atoms with van der Waals surface area (Å²) in [4.78, 5) is 26.6. The molecule has 0 aliphatic carbocycles. The second-order valence-electron chi connectivity index (χ2n) is 8.37. The average Bonchev–Trinajstić information content (AvgIpc) is 2.84. The van der Waals surface area contributed by atoms with Gasteiger partial charge in [0.2, 0.25) is 0 Å². The summed E-state index contributed by atoms with van der Waals surface area (Å²) >= 11 is 0. The summed E-state index contributed by atoms with van der Waals surface area (Å²) in [6.07, 6.45) is 4.36. The number of carbonyl (C=O) groups is 2. The van der Waals surface area contributed by atoms with Gasteiger partial charge in [-0.05, 0) is 30.9 Å². The van der Waals surface area contributed by atoms with Gasteiger partial charge in [-0.2, -0.15) is 0 Å². The molecule has 1 heterocycles. The van der Waals surface area contributed by atoms with Crippen molar-refractivity contribution in [3.05, 3.63) is 54.6 Å². The fraction of sp³-hybridized carbons (Fsp3) is 0.462. The van der Waals surface area contributed by atoms with Crippen molar-refractivity contribution in [2.75, 3.05) is 38.0 Å². The van der Waals surface area contributed by atoms with Crippen LogP contribution in [0.25, 0.3) is 11.1 Å². The van der Waals surface area contributed by atoms with E-state index in [-0.39, 0.29) is 12.1 Å². The quantitative estimate of drug-likeness (QED) is 0.450. The molecule has 1 aliphatic heterocycles. The van der Waals surface area contributed by atoms with Crippen molar-refractivity contribution in [1.82, 2.24) is 15.5 Å². The van der Waals surface area contributed by atoms with E-state index in [0.717, 1.165) is 75.1 Å². The van der Waals surface area contributed by atoms with E-state index in [1.807, 2.05) is 54.6 Å². The molecule has 1 fully saturated rings. The van der Waals surface area contributed by atoms with Crippen LogP contribution in [-0.4, -0.2) is 55.9 Å². The predicted molar refractivity (Wildman–Crippen MR) is 132 cm³/mol. The molecule has 0 atom stereocenters. The van der Waals surface area contributed by atoms with Crippen LogP contribution >= 0.6 is 0 Å². The lowest BCUT2D eigenvalue weighted by molar-refractivity contribution is 0.0594. The number of nitrogens with zero attached hydrogens (tertiary/aromatic N) is 1. The third-order valence-electron chi connectivity index (χ3n) is 5.84. The van der Waals surface area contributed by atoms with E-state index in [0.29, 0.717) is 6.54 Å². The first-order chi connectivity index (χ1) is 16.2. The van der Waals surface area contributed by atoms with Gasteiger partial charge in [-0.25, -0.2) is 9.59 Å². The number of urea groups is 1. The monoisotopic (exact) mass is 452 g/mol. The molecule has 1 aliphatic rings. The molecular weight excluding hydrogens is 416 g/mol. The maximum Gasteiger partial charge on any atom is 0.411 e. The highest BCUT2D eigenvalue weighted by Gasteiger charge is 2.22. The number of likely N-dealkylation sites (tertiary alicyclic amines) is 1. The Balaban J connectivity index is 1.35. The van der Waals surface area contributed by atoms with Crippen molar-refractivity contribution in [3.8, 4) is 11.1 Å². The van der Waals surface area contributed by atoms with Crippen molar-refractivity contribution < 1.29 is 14.3 Å². The summed E-state index contributed by atoms with van der Waals surface area (Å²) in [5.41, 5.74) is 2.75. The van der Waals surface area contributed by atoms with Crippen molar-refractivity contribution in [1.29, 1.82) is 0 Å². The first kappa shape index (κ1) is 24.6. The van der Waals surface area contributed by atoms with Gasteiger partial charge in [0.15, 0.2) is 0 Å². The summed E-state index contributed by atoms with van der Waals surface area (Å²) in [6, 6.07) is 17.6. The molecule has 0 aromatic heterocycles. The molecule has 7 nitrogen and oxygen atoms in total. The number of unbranched alkanes of at least 4 members (excludes halogenated alkanes) is 2.